The van der Waals surface area contributed by atoms with Crippen molar-refractivity contribution in [2.24, 2.45) is 0 Å². The Balaban J connectivity index is 2.89. The largest absolute Gasteiger partial charge is 0.340 e. The van der Waals surface area contributed by atoms with Gasteiger partial charge in [-0.3, -0.25) is 14.9 Å². The second kappa shape index (κ2) is 6.64. The van der Waals surface area contributed by atoms with Gasteiger partial charge < -0.3 is 10.2 Å². The second-order valence-corrected chi connectivity index (χ2v) is 4.91. The lowest BCUT2D eigenvalue weighted by molar-refractivity contribution is -0.384. The van der Waals surface area contributed by atoms with Crippen LogP contribution >= 0.6 is 22.6 Å². The van der Waals surface area contributed by atoms with Crippen LogP contribution in [0.2, 0.25) is 0 Å². The maximum absolute atomic E-state index is 12.1. The summed E-state index contributed by atoms with van der Waals surface area (Å²) in [6, 6.07) is 4.25. The van der Waals surface area contributed by atoms with E-state index in [1.165, 1.54) is 18.2 Å². The average molecular weight is 363 g/mol. The van der Waals surface area contributed by atoms with E-state index in [0.717, 1.165) is 0 Å². The van der Waals surface area contributed by atoms with E-state index in [4.69, 9.17) is 0 Å². The molecular formula is C11H14IN3O3. The van der Waals surface area contributed by atoms with E-state index in [-0.39, 0.29) is 11.6 Å². The molecule has 0 aromatic heterocycles. The molecule has 0 saturated carbocycles. The van der Waals surface area contributed by atoms with Gasteiger partial charge in [0.2, 0.25) is 0 Å². The summed E-state index contributed by atoms with van der Waals surface area (Å²) in [6.45, 7) is 1.29. The van der Waals surface area contributed by atoms with Gasteiger partial charge in [0.25, 0.3) is 11.6 Å². The zero-order chi connectivity index (χ0) is 13.7. The lowest BCUT2D eigenvalue weighted by Gasteiger charge is -2.17. The van der Waals surface area contributed by atoms with Crippen molar-refractivity contribution in [3.05, 3.63) is 37.4 Å². The van der Waals surface area contributed by atoms with Crippen LogP contribution in [0.5, 0.6) is 0 Å². The maximum atomic E-state index is 12.1. The third-order valence-electron chi connectivity index (χ3n) is 2.44. The van der Waals surface area contributed by atoms with E-state index in [1.807, 2.05) is 29.6 Å². The number of halogens is 1. The van der Waals surface area contributed by atoms with Crippen LogP contribution in [0.15, 0.2) is 18.2 Å². The Hall–Kier alpha value is -1.22. The smallest absolute Gasteiger partial charge is 0.270 e. The van der Waals surface area contributed by atoms with Crippen LogP contribution < -0.4 is 5.32 Å². The predicted octanol–water partition coefficient (Wildman–Crippen LogP) is 1.49. The topological polar surface area (TPSA) is 75.5 Å². The number of nitrogens with one attached hydrogen (secondary N) is 1. The number of carbonyl (C=O) groups is 1. The summed E-state index contributed by atoms with van der Waals surface area (Å²) >= 11 is 1.94. The molecule has 6 nitrogen and oxygen atoms in total. The fourth-order valence-corrected chi connectivity index (χ4v) is 2.11. The summed E-state index contributed by atoms with van der Waals surface area (Å²) in [5.74, 6) is -0.135. The van der Waals surface area contributed by atoms with Gasteiger partial charge in [-0.2, -0.15) is 0 Å². The molecule has 0 spiro atoms. The molecule has 98 valence electrons. The molecule has 0 saturated heterocycles. The van der Waals surface area contributed by atoms with Crippen molar-refractivity contribution < 1.29 is 9.72 Å². The number of hydrogen-bond acceptors (Lipinski definition) is 4. The van der Waals surface area contributed by atoms with E-state index in [0.29, 0.717) is 22.2 Å². The third kappa shape index (κ3) is 3.64. The van der Waals surface area contributed by atoms with Crippen LogP contribution in [0.4, 0.5) is 5.69 Å². The summed E-state index contributed by atoms with van der Waals surface area (Å²) in [7, 11) is 3.52. The molecule has 0 aliphatic carbocycles. The Bertz CT molecular complexity index is 465. The highest BCUT2D eigenvalue weighted by molar-refractivity contribution is 14.1. The Labute approximate surface area is 119 Å². The van der Waals surface area contributed by atoms with Crippen LogP contribution in [0.25, 0.3) is 0 Å². The third-order valence-corrected chi connectivity index (χ3v) is 3.33. The van der Waals surface area contributed by atoms with Crippen molar-refractivity contribution in [1.82, 2.24) is 10.2 Å². The molecule has 0 heterocycles. The number of rotatable bonds is 5. The van der Waals surface area contributed by atoms with Gasteiger partial charge in [-0.15, -0.1) is 0 Å². The molecule has 1 amide bonds. The zero-order valence-electron chi connectivity index (χ0n) is 10.1. The van der Waals surface area contributed by atoms with Crippen molar-refractivity contribution >= 4 is 34.2 Å². The fourth-order valence-electron chi connectivity index (χ4n) is 1.38. The molecule has 0 unspecified atom stereocenters. The first-order chi connectivity index (χ1) is 8.47. The Morgan fingerprint density at radius 2 is 2.22 bits per heavy atom. The Morgan fingerprint density at radius 3 is 2.72 bits per heavy atom. The van der Waals surface area contributed by atoms with Gasteiger partial charge in [-0.25, -0.2) is 0 Å². The zero-order valence-corrected chi connectivity index (χ0v) is 12.3. The van der Waals surface area contributed by atoms with Gasteiger partial charge in [0.15, 0.2) is 0 Å². The highest BCUT2D eigenvalue weighted by atomic mass is 127. The predicted molar refractivity (Wildman–Crippen MR) is 76.7 cm³/mol. The summed E-state index contributed by atoms with van der Waals surface area (Å²) < 4.78 is 0.586. The molecule has 18 heavy (non-hydrogen) atoms. The van der Waals surface area contributed by atoms with E-state index in [2.05, 4.69) is 5.32 Å². The van der Waals surface area contributed by atoms with E-state index in [1.54, 1.807) is 11.9 Å². The number of amides is 1. The van der Waals surface area contributed by atoms with Gasteiger partial charge in [0, 0.05) is 35.8 Å². The summed E-state index contributed by atoms with van der Waals surface area (Å²) in [5.41, 5.74) is 0.480. The lowest BCUT2D eigenvalue weighted by Crippen LogP contribution is -2.33. The van der Waals surface area contributed by atoms with E-state index in [9.17, 15) is 14.9 Å². The molecule has 1 rings (SSSR count). The molecule has 1 N–H and O–H groups in total. The molecule has 0 radical (unpaired) electrons. The standard InChI is InChI=1S/C11H14IN3O3/c1-13-5-6-14(2)11(16)9-4-3-8(15(17)18)7-10(9)12/h3-4,7,13H,5-6H2,1-2H3. The average Bonchev–Trinajstić information content (AvgIpc) is 2.34. The number of non-ortho nitro benzene ring substituents is 1. The highest BCUT2D eigenvalue weighted by Crippen LogP contribution is 2.20. The number of nitro groups is 1. The molecule has 0 bridgehead atoms. The fraction of sp³-hybridized carbons (Fsp3) is 0.364. The quantitative estimate of drug-likeness (QED) is 0.489. The molecule has 0 aliphatic heterocycles. The number of carbonyl (C=O) groups excluding carboxylic acids is 1. The lowest BCUT2D eigenvalue weighted by atomic mass is 10.2. The number of benzene rings is 1. The van der Waals surface area contributed by atoms with Gasteiger partial charge in [0.05, 0.1) is 10.5 Å². The van der Waals surface area contributed by atoms with Crippen molar-refractivity contribution in [3.8, 4) is 0 Å². The minimum atomic E-state index is -0.471. The Morgan fingerprint density at radius 1 is 1.56 bits per heavy atom. The molecule has 0 aliphatic rings. The maximum Gasteiger partial charge on any atom is 0.270 e. The molecule has 1 aromatic carbocycles. The van der Waals surface area contributed by atoms with Gasteiger partial charge in [0.1, 0.15) is 0 Å². The molecular weight excluding hydrogens is 349 g/mol. The first-order valence-corrected chi connectivity index (χ1v) is 6.39. The van der Waals surface area contributed by atoms with Gasteiger partial charge in [-0.1, -0.05) is 0 Å². The molecule has 7 heteroatoms. The van der Waals surface area contributed by atoms with Crippen LogP contribution in [-0.2, 0) is 0 Å². The summed E-state index contributed by atoms with van der Waals surface area (Å²) in [6.07, 6.45) is 0. The van der Waals surface area contributed by atoms with E-state index < -0.39 is 4.92 Å². The van der Waals surface area contributed by atoms with Crippen LogP contribution in [0, 0.1) is 13.7 Å². The first-order valence-electron chi connectivity index (χ1n) is 5.31. The van der Waals surface area contributed by atoms with E-state index >= 15 is 0 Å². The van der Waals surface area contributed by atoms with Gasteiger partial charge >= 0.3 is 0 Å². The summed E-state index contributed by atoms with van der Waals surface area (Å²) in [4.78, 5) is 23.8. The monoisotopic (exact) mass is 363 g/mol. The minimum absolute atomic E-state index is 0.00571. The van der Waals surface area contributed by atoms with Crippen molar-refractivity contribution in [2.45, 2.75) is 0 Å². The van der Waals surface area contributed by atoms with Crippen molar-refractivity contribution in [1.29, 1.82) is 0 Å². The van der Waals surface area contributed by atoms with Gasteiger partial charge in [-0.05, 0) is 35.7 Å². The number of hydrogen-bond donors (Lipinski definition) is 1. The normalized spacial score (nSPS) is 10.2. The number of likely N-dealkylation sites (N-methyl/N-ethyl adjacent to an activating group) is 2. The SMILES string of the molecule is CNCCN(C)C(=O)c1ccc([N+](=O)[O-])cc1I. The van der Waals surface area contributed by atoms with Crippen molar-refractivity contribution in [3.63, 3.8) is 0 Å². The highest BCUT2D eigenvalue weighted by Gasteiger charge is 2.17. The first kappa shape index (κ1) is 14.8. The molecule has 0 fully saturated rings. The van der Waals surface area contributed by atoms with Crippen LogP contribution in [-0.4, -0.2) is 42.9 Å². The van der Waals surface area contributed by atoms with Crippen LogP contribution in [0.3, 0.4) is 0 Å². The number of nitrogens with zero attached hydrogens (tertiary/aromatic N) is 2. The molecule has 0 atom stereocenters. The van der Waals surface area contributed by atoms with Crippen molar-refractivity contribution in [2.75, 3.05) is 27.2 Å². The number of nitro benzene ring substituents is 1. The molecule has 1 aromatic rings. The minimum Gasteiger partial charge on any atom is -0.340 e. The summed E-state index contributed by atoms with van der Waals surface area (Å²) in [5, 5.41) is 13.6. The Kier molecular flexibility index (Phi) is 5.48. The van der Waals surface area contributed by atoms with Crippen LogP contribution in [0.1, 0.15) is 10.4 Å². The second-order valence-electron chi connectivity index (χ2n) is 3.75.